The Bertz CT molecular complexity index is 1400. The van der Waals surface area contributed by atoms with E-state index in [1.54, 1.807) is 36.1 Å². The highest BCUT2D eigenvalue weighted by molar-refractivity contribution is 6.30. The second-order valence-electron chi connectivity index (χ2n) is 7.79. The van der Waals surface area contributed by atoms with Gasteiger partial charge < -0.3 is 14.8 Å². The van der Waals surface area contributed by atoms with Gasteiger partial charge in [-0.1, -0.05) is 48.0 Å². The van der Waals surface area contributed by atoms with E-state index in [-0.39, 0.29) is 30.3 Å². The Kier molecular flexibility index (Phi) is 7.47. The zero-order chi connectivity index (χ0) is 24.4. The van der Waals surface area contributed by atoms with Crippen LogP contribution in [0.3, 0.4) is 0 Å². The summed E-state index contributed by atoms with van der Waals surface area (Å²) in [6.07, 6.45) is 2.05. The first-order valence-electron chi connectivity index (χ1n) is 10.9. The number of allylic oxidation sites excluding steroid dienone is 1. The van der Waals surface area contributed by atoms with E-state index in [9.17, 15) is 4.79 Å². The van der Waals surface area contributed by atoms with Crippen molar-refractivity contribution in [1.82, 2.24) is 14.8 Å². The van der Waals surface area contributed by atoms with Crippen molar-refractivity contribution in [2.75, 3.05) is 24.9 Å². The third-order valence-electron chi connectivity index (χ3n) is 5.66. The van der Waals surface area contributed by atoms with Crippen molar-refractivity contribution in [2.45, 2.75) is 6.04 Å². The highest BCUT2D eigenvalue weighted by Gasteiger charge is 2.26. The predicted octanol–water partition coefficient (Wildman–Crippen LogP) is 5.68. The number of carbonyl (C=O) groups is 1. The molecule has 5 rings (SSSR count). The summed E-state index contributed by atoms with van der Waals surface area (Å²) < 4.78 is 12.3. The van der Waals surface area contributed by atoms with Gasteiger partial charge in [0, 0.05) is 10.7 Å². The Balaban J connectivity index is 0.00000304. The Hall–Kier alpha value is -4.01. The molecule has 2 heterocycles. The van der Waals surface area contributed by atoms with Crippen LogP contribution in [0.5, 0.6) is 11.5 Å². The van der Waals surface area contributed by atoms with Crippen molar-refractivity contribution < 1.29 is 14.3 Å². The molecule has 0 saturated heterocycles. The number of hydrogen-bond acceptors (Lipinski definition) is 6. The molecule has 184 valence electrons. The molecule has 36 heavy (non-hydrogen) atoms. The lowest BCUT2D eigenvalue weighted by atomic mass is 10.0. The second kappa shape index (κ2) is 10.7. The Morgan fingerprint density at radius 2 is 1.72 bits per heavy atom. The first kappa shape index (κ1) is 25.1. The number of rotatable bonds is 6. The fourth-order valence-corrected chi connectivity index (χ4v) is 4.01. The van der Waals surface area contributed by atoms with Gasteiger partial charge in [-0.05, 0) is 53.6 Å². The summed E-state index contributed by atoms with van der Waals surface area (Å²) in [5.74, 6) is 1.53. The minimum Gasteiger partial charge on any atom is -0.497 e. The van der Waals surface area contributed by atoms with Gasteiger partial charge in [-0.25, -0.2) is 4.68 Å². The topological polar surface area (TPSA) is 90.3 Å². The van der Waals surface area contributed by atoms with E-state index in [4.69, 9.17) is 21.1 Å². The van der Waals surface area contributed by atoms with Gasteiger partial charge in [-0.15, -0.1) is 17.5 Å². The van der Waals surface area contributed by atoms with Crippen molar-refractivity contribution in [2.24, 2.45) is 0 Å². The summed E-state index contributed by atoms with van der Waals surface area (Å²) in [4.78, 5) is 17.5. The molecule has 0 fully saturated rings. The van der Waals surface area contributed by atoms with Gasteiger partial charge in [-0.2, -0.15) is 4.98 Å². The predicted molar refractivity (Wildman–Crippen MR) is 142 cm³/mol. The summed E-state index contributed by atoms with van der Waals surface area (Å²) in [6, 6.07) is 22.0. The van der Waals surface area contributed by atoms with Gasteiger partial charge in [-0.3, -0.25) is 10.1 Å². The van der Waals surface area contributed by atoms with Gasteiger partial charge in [0.05, 0.1) is 19.8 Å². The number of nitrogens with one attached hydrogen (secondary N) is 2. The molecule has 10 heteroatoms. The van der Waals surface area contributed by atoms with Gasteiger partial charge in [0.25, 0.3) is 11.9 Å². The standard InChI is InChI=1S/C26H22ClN5O3.ClH/c1-34-19-13-9-17(10-14-19)22-15-21(16-7-11-18(27)12-8-16)28-26-30-25(31-32(22)26)29-24(33)20-5-3-4-6-23(20)35-2;/h3-15,22H,1-2H3,(H2,28,29,30,31,33);1H. The van der Waals surface area contributed by atoms with Crippen molar-refractivity contribution in [3.63, 3.8) is 0 Å². The van der Waals surface area contributed by atoms with Crippen LogP contribution in [-0.2, 0) is 0 Å². The first-order chi connectivity index (χ1) is 17.1. The summed E-state index contributed by atoms with van der Waals surface area (Å²) in [5.41, 5.74) is 3.17. The quantitative estimate of drug-likeness (QED) is 0.338. The van der Waals surface area contributed by atoms with Crippen molar-refractivity contribution in [1.29, 1.82) is 0 Å². The van der Waals surface area contributed by atoms with Crippen LogP contribution in [0.15, 0.2) is 78.9 Å². The van der Waals surface area contributed by atoms with Crippen LogP contribution >= 0.6 is 24.0 Å². The molecular weight excluding hydrogens is 501 g/mol. The van der Waals surface area contributed by atoms with Gasteiger partial charge >= 0.3 is 0 Å². The van der Waals surface area contributed by atoms with Crippen LogP contribution in [0.25, 0.3) is 5.70 Å². The molecule has 8 nitrogen and oxygen atoms in total. The molecule has 4 aromatic rings. The monoisotopic (exact) mass is 523 g/mol. The number of fused-ring (bicyclic) bond motifs is 1. The maximum Gasteiger partial charge on any atom is 0.261 e. The molecular formula is C26H23Cl2N5O3. The number of halogens is 2. The minimum atomic E-state index is -0.364. The number of methoxy groups -OCH3 is 2. The summed E-state index contributed by atoms with van der Waals surface area (Å²) in [7, 11) is 3.15. The smallest absolute Gasteiger partial charge is 0.261 e. The van der Waals surface area contributed by atoms with E-state index < -0.39 is 0 Å². The third kappa shape index (κ3) is 5.00. The van der Waals surface area contributed by atoms with Crippen LogP contribution < -0.4 is 20.1 Å². The normalized spacial score (nSPS) is 14.0. The maximum absolute atomic E-state index is 12.9. The highest BCUT2D eigenvalue weighted by Crippen LogP contribution is 2.34. The molecule has 1 aromatic heterocycles. The molecule has 0 spiro atoms. The van der Waals surface area contributed by atoms with Crippen molar-refractivity contribution in [3.05, 3.63) is 101 Å². The largest absolute Gasteiger partial charge is 0.497 e. The molecule has 0 bridgehead atoms. The number of amides is 1. The number of aromatic nitrogens is 3. The molecule has 1 unspecified atom stereocenters. The van der Waals surface area contributed by atoms with E-state index >= 15 is 0 Å². The Labute approximate surface area is 219 Å². The number of benzene rings is 3. The van der Waals surface area contributed by atoms with Crippen molar-refractivity contribution >= 4 is 47.5 Å². The molecule has 0 saturated carbocycles. The average molecular weight is 524 g/mol. The zero-order valence-electron chi connectivity index (χ0n) is 19.4. The SMILES string of the molecule is COc1ccc(C2C=C(c3ccc(Cl)cc3)Nc3nc(NC(=O)c4ccccc4OC)nn32)cc1.Cl. The van der Waals surface area contributed by atoms with Crippen molar-refractivity contribution in [3.8, 4) is 11.5 Å². The van der Waals surface area contributed by atoms with Crippen LogP contribution in [0.1, 0.15) is 27.5 Å². The number of anilines is 2. The molecule has 1 atom stereocenters. The van der Waals surface area contributed by atoms with E-state index in [0.717, 1.165) is 22.6 Å². The van der Waals surface area contributed by atoms with E-state index in [1.165, 1.54) is 7.11 Å². The molecule has 1 aliphatic rings. The summed E-state index contributed by atoms with van der Waals surface area (Å²) in [5, 5.41) is 11.3. The van der Waals surface area contributed by atoms with E-state index in [2.05, 4.69) is 26.8 Å². The average Bonchev–Trinajstić information content (AvgIpc) is 3.30. The molecule has 0 radical (unpaired) electrons. The number of carbonyl (C=O) groups excluding carboxylic acids is 1. The van der Waals surface area contributed by atoms with E-state index in [0.29, 0.717) is 22.3 Å². The third-order valence-corrected chi connectivity index (χ3v) is 5.91. The fourth-order valence-electron chi connectivity index (χ4n) is 3.88. The summed E-state index contributed by atoms with van der Waals surface area (Å²) >= 11 is 6.08. The number of para-hydroxylation sites is 1. The molecule has 0 aliphatic carbocycles. The van der Waals surface area contributed by atoms with E-state index in [1.807, 2.05) is 48.5 Å². The number of ether oxygens (including phenoxy) is 2. The fraction of sp³-hybridized carbons (Fsp3) is 0.115. The van der Waals surface area contributed by atoms with Crippen LogP contribution in [0.4, 0.5) is 11.9 Å². The minimum absolute atomic E-state index is 0. The Morgan fingerprint density at radius 3 is 2.42 bits per heavy atom. The highest BCUT2D eigenvalue weighted by atomic mass is 35.5. The van der Waals surface area contributed by atoms with Crippen LogP contribution in [0, 0.1) is 0 Å². The first-order valence-corrected chi connectivity index (χ1v) is 11.2. The van der Waals surface area contributed by atoms with Gasteiger partial charge in [0.2, 0.25) is 5.95 Å². The lowest BCUT2D eigenvalue weighted by molar-refractivity contribution is 0.102. The number of nitrogens with zero attached hydrogens (tertiary/aromatic N) is 3. The molecule has 2 N–H and O–H groups in total. The Morgan fingerprint density at radius 1 is 1.00 bits per heavy atom. The second-order valence-corrected chi connectivity index (χ2v) is 8.22. The summed E-state index contributed by atoms with van der Waals surface area (Å²) in [6.45, 7) is 0. The van der Waals surface area contributed by atoms with Gasteiger partial charge in [0.15, 0.2) is 0 Å². The lowest BCUT2D eigenvalue weighted by Gasteiger charge is -2.24. The lowest BCUT2D eigenvalue weighted by Crippen LogP contribution is -2.20. The van der Waals surface area contributed by atoms with Gasteiger partial charge in [0.1, 0.15) is 17.5 Å². The molecule has 1 amide bonds. The molecule has 3 aromatic carbocycles. The maximum atomic E-state index is 12.9. The van der Waals surface area contributed by atoms with Crippen LogP contribution in [-0.4, -0.2) is 34.9 Å². The molecule has 1 aliphatic heterocycles. The van der Waals surface area contributed by atoms with Crippen LogP contribution in [0.2, 0.25) is 5.02 Å². The zero-order valence-corrected chi connectivity index (χ0v) is 21.0. The number of hydrogen-bond donors (Lipinski definition) is 2.